The normalized spacial score (nSPS) is 11.4. The Morgan fingerprint density at radius 3 is 2.49 bits per heavy atom. The molecule has 0 aliphatic rings. The molecule has 35 heavy (non-hydrogen) atoms. The number of carbonyl (C=O) groups is 1. The zero-order chi connectivity index (χ0) is 24.5. The zero-order valence-corrected chi connectivity index (χ0v) is 20.6. The Balaban J connectivity index is 1.32. The number of fused-ring (bicyclic) bond motifs is 1. The number of nitrogens with zero attached hydrogens (tertiary/aromatic N) is 3. The van der Waals surface area contributed by atoms with Crippen molar-refractivity contribution in [2.75, 3.05) is 5.32 Å². The number of rotatable bonds is 5. The second-order valence-electron chi connectivity index (χ2n) is 7.75. The smallest absolute Gasteiger partial charge is 0.248 e. The third kappa shape index (κ3) is 4.95. The summed E-state index contributed by atoms with van der Waals surface area (Å²) in [5.41, 5.74) is 4.33. The van der Waals surface area contributed by atoms with Crippen LogP contribution in [0.2, 0.25) is 15.1 Å². The van der Waals surface area contributed by atoms with Crippen molar-refractivity contribution in [3.8, 4) is 17.0 Å². The van der Waals surface area contributed by atoms with Crippen LogP contribution in [-0.4, -0.2) is 20.9 Å². The van der Waals surface area contributed by atoms with Gasteiger partial charge in [0.1, 0.15) is 22.6 Å². The van der Waals surface area contributed by atoms with Crippen LogP contribution in [0.1, 0.15) is 11.3 Å². The van der Waals surface area contributed by atoms with E-state index in [0.29, 0.717) is 48.9 Å². The van der Waals surface area contributed by atoms with Gasteiger partial charge in [-0.1, -0.05) is 40.9 Å². The van der Waals surface area contributed by atoms with Crippen LogP contribution in [0.25, 0.3) is 34.1 Å². The predicted molar refractivity (Wildman–Crippen MR) is 140 cm³/mol. The molecule has 5 aromatic rings. The van der Waals surface area contributed by atoms with Crippen molar-refractivity contribution >= 4 is 63.5 Å². The molecule has 0 aliphatic heterocycles. The fourth-order valence-corrected chi connectivity index (χ4v) is 4.03. The number of carbonyl (C=O) groups excluding carboxylic acids is 1. The summed E-state index contributed by atoms with van der Waals surface area (Å²) < 4.78 is 5.80. The molecule has 0 atom stereocenters. The number of benzene rings is 3. The van der Waals surface area contributed by atoms with E-state index >= 15 is 0 Å². The van der Waals surface area contributed by atoms with Gasteiger partial charge in [-0.25, -0.2) is 0 Å². The van der Waals surface area contributed by atoms with Crippen LogP contribution in [0.15, 0.2) is 77.2 Å². The third-order valence-electron chi connectivity index (χ3n) is 5.28. The predicted octanol–water partition coefficient (Wildman–Crippen LogP) is 7.60. The second-order valence-corrected chi connectivity index (χ2v) is 8.97. The summed E-state index contributed by atoms with van der Waals surface area (Å²) in [5.74, 6) is 0.753. The Hall–Kier alpha value is -3.58. The number of nitrogens with one attached hydrogen (secondary N) is 1. The number of anilines is 1. The summed E-state index contributed by atoms with van der Waals surface area (Å²) in [6, 6.07) is 19.7. The van der Waals surface area contributed by atoms with Crippen molar-refractivity contribution in [3.63, 3.8) is 0 Å². The van der Waals surface area contributed by atoms with Gasteiger partial charge < -0.3 is 9.73 Å². The Morgan fingerprint density at radius 2 is 1.71 bits per heavy atom. The van der Waals surface area contributed by atoms with Gasteiger partial charge in [-0.2, -0.15) is 4.80 Å². The van der Waals surface area contributed by atoms with E-state index in [2.05, 4.69) is 15.5 Å². The minimum atomic E-state index is -0.309. The van der Waals surface area contributed by atoms with Gasteiger partial charge >= 0.3 is 0 Å². The Bertz CT molecular complexity index is 1590. The highest BCUT2D eigenvalue weighted by atomic mass is 35.5. The van der Waals surface area contributed by atoms with E-state index in [4.69, 9.17) is 39.2 Å². The molecule has 3 aromatic carbocycles. The van der Waals surface area contributed by atoms with Gasteiger partial charge in [-0.3, -0.25) is 4.79 Å². The lowest BCUT2D eigenvalue weighted by molar-refractivity contribution is -0.111. The first-order chi connectivity index (χ1) is 16.9. The van der Waals surface area contributed by atoms with Gasteiger partial charge in [0.25, 0.3) is 0 Å². The number of aryl methyl sites for hydroxylation is 1. The standard InChI is InChI=1S/C26H17Cl3N4O2/c1-15-13-22-23(32-33(31-22)17-7-5-16(27)6-8-17)14-21(15)30-25(34)12-10-18-9-11-24(35-18)19-3-2-4-20(28)26(19)29/h2-14H,1H3,(H,30,34)/b12-10+. The van der Waals surface area contributed by atoms with Crippen molar-refractivity contribution in [1.82, 2.24) is 15.0 Å². The number of amides is 1. The van der Waals surface area contributed by atoms with Crippen LogP contribution >= 0.6 is 34.8 Å². The molecule has 0 bridgehead atoms. The minimum absolute atomic E-state index is 0.309. The topological polar surface area (TPSA) is 73.0 Å². The Kier molecular flexibility index (Phi) is 6.34. The van der Waals surface area contributed by atoms with E-state index in [1.807, 2.05) is 31.2 Å². The molecule has 0 unspecified atom stereocenters. The lowest BCUT2D eigenvalue weighted by Crippen LogP contribution is -2.08. The molecule has 0 saturated carbocycles. The largest absolute Gasteiger partial charge is 0.457 e. The van der Waals surface area contributed by atoms with Crippen molar-refractivity contribution < 1.29 is 9.21 Å². The zero-order valence-electron chi connectivity index (χ0n) is 18.3. The van der Waals surface area contributed by atoms with Crippen molar-refractivity contribution in [3.05, 3.63) is 99.2 Å². The molecule has 1 amide bonds. The fourth-order valence-electron chi connectivity index (χ4n) is 3.51. The maximum absolute atomic E-state index is 12.6. The molecule has 0 radical (unpaired) electrons. The lowest BCUT2D eigenvalue weighted by Gasteiger charge is -2.05. The molecule has 6 nitrogen and oxygen atoms in total. The van der Waals surface area contributed by atoms with E-state index < -0.39 is 0 Å². The molecule has 5 rings (SSSR count). The highest BCUT2D eigenvalue weighted by Gasteiger charge is 2.12. The van der Waals surface area contributed by atoms with Crippen molar-refractivity contribution in [2.24, 2.45) is 0 Å². The van der Waals surface area contributed by atoms with Gasteiger partial charge in [0.05, 0.1) is 15.7 Å². The van der Waals surface area contributed by atoms with Gasteiger partial charge in [0.15, 0.2) is 0 Å². The average Bonchev–Trinajstić information content (AvgIpc) is 3.47. The van der Waals surface area contributed by atoms with Gasteiger partial charge in [-0.15, -0.1) is 10.2 Å². The van der Waals surface area contributed by atoms with Gasteiger partial charge in [-0.05, 0) is 79.2 Å². The summed E-state index contributed by atoms with van der Waals surface area (Å²) in [6.45, 7) is 1.90. The van der Waals surface area contributed by atoms with Crippen LogP contribution in [0.4, 0.5) is 5.69 Å². The van der Waals surface area contributed by atoms with Crippen LogP contribution in [-0.2, 0) is 4.79 Å². The van der Waals surface area contributed by atoms with E-state index in [1.54, 1.807) is 48.5 Å². The Labute approximate surface area is 215 Å². The SMILES string of the molecule is Cc1cc2nn(-c3ccc(Cl)cc3)nc2cc1NC(=O)/C=C/c1ccc(-c2cccc(Cl)c2Cl)o1. The van der Waals surface area contributed by atoms with Crippen LogP contribution in [0.5, 0.6) is 0 Å². The van der Waals surface area contributed by atoms with Crippen molar-refractivity contribution in [1.29, 1.82) is 0 Å². The number of hydrogen-bond acceptors (Lipinski definition) is 4. The molecule has 174 valence electrons. The molecule has 9 heteroatoms. The van der Waals surface area contributed by atoms with Gasteiger partial charge in [0, 0.05) is 22.3 Å². The van der Waals surface area contributed by atoms with Crippen molar-refractivity contribution in [2.45, 2.75) is 6.92 Å². The summed E-state index contributed by atoms with van der Waals surface area (Å²) in [6.07, 6.45) is 2.98. The summed E-state index contributed by atoms with van der Waals surface area (Å²) in [5, 5.41) is 13.4. The van der Waals surface area contributed by atoms with Crippen LogP contribution in [0.3, 0.4) is 0 Å². The van der Waals surface area contributed by atoms with E-state index in [-0.39, 0.29) is 5.91 Å². The molecule has 0 aliphatic carbocycles. The summed E-state index contributed by atoms with van der Waals surface area (Å²) >= 11 is 18.3. The lowest BCUT2D eigenvalue weighted by atomic mass is 10.1. The quantitative estimate of drug-likeness (QED) is 0.241. The monoisotopic (exact) mass is 522 g/mol. The van der Waals surface area contributed by atoms with Gasteiger partial charge in [0.2, 0.25) is 5.91 Å². The number of furan rings is 1. The first kappa shape index (κ1) is 23.2. The van der Waals surface area contributed by atoms with E-state index in [9.17, 15) is 4.79 Å². The molecule has 2 heterocycles. The van der Waals surface area contributed by atoms with E-state index in [0.717, 1.165) is 11.3 Å². The number of hydrogen-bond donors (Lipinski definition) is 1. The minimum Gasteiger partial charge on any atom is -0.457 e. The second kappa shape index (κ2) is 9.58. The van der Waals surface area contributed by atoms with Crippen LogP contribution in [0, 0.1) is 6.92 Å². The molecule has 1 N–H and O–H groups in total. The molecule has 2 aromatic heterocycles. The van der Waals surface area contributed by atoms with E-state index in [1.165, 1.54) is 10.9 Å². The highest BCUT2D eigenvalue weighted by Crippen LogP contribution is 2.34. The molecule has 0 fully saturated rings. The fraction of sp³-hybridized carbons (Fsp3) is 0.0385. The average molecular weight is 524 g/mol. The molecule has 0 saturated heterocycles. The number of aromatic nitrogens is 3. The molecular formula is C26H17Cl3N4O2. The first-order valence-electron chi connectivity index (χ1n) is 10.5. The number of halogens is 3. The third-order valence-corrected chi connectivity index (χ3v) is 6.36. The molecular weight excluding hydrogens is 507 g/mol. The summed E-state index contributed by atoms with van der Waals surface area (Å²) in [4.78, 5) is 14.1. The van der Waals surface area contributed by atoms with Crippen LogP contribution < -0.4 is 5.32 Å². The highest BCUT2D eigenvalue weighted by molar-refractivity contribution is 6.43. The molecule has 0 spiro atoms. The maximum atomic E-state index is 12.6. The Morgan fingerprint density at radius 1 is 0.971 bits per heavy atom. The summed E-state index contributed by atoms with van der Waals surface area (Å²) in [7, 11) is 0. The first-order valence-corrected chi connectivity index (χ1v) is 11.7. The maximum Gasteiger partial charge on any atom is 0.248 e.